The Kier molecular flexibility index (Phi) is 3.52. The molecule has 5 heteroatoms. The number of aryl methyl sites for hydroxylation is 2. The molecule has 0 aliphatic carbocycles. The minimum absolute atomic E-state index is 0.380. The smallest absolute Gasteiger partial charge is 0.216 e. The van der Waals surface area contributed by atoms with E-state index >= 15 is 0 Å². The molecule has 0 aliphatic heterocycles. The minimum Gasteiger partial charge on any atom is -0.216 e. The number of halogens is 1. The zero-order chi connectivity index (χ0) is 13.4. The summed E-state index contributed by atoms with van der Waals surface area (Å²) in [5.41, 5.74) is 3.98. The van der Waals surface area contributed by atoms with Crippen molar-refractivity contribution in [1.29, 1.82) is 0 Å². The quantitative estimate of drug-likeness (QED) is 0.853. The summed E-state index contributed by atoms with van der Waals surface area (Å²) >= 11 is 3.52. The lowest BCUT2D eigenvalue weighted by atomic mass is 10.1. The summed E-state index contributed by atoms with van der Waals surface area (Å²) in [5, 5.41) is 4.47. The molecule has 0 spiro atoms. The summed E-state index contributed by atoms with van der Waals surface area (Å²) < 4.78 is 2.80. The maximum Gasteiger partial charge on any atom is 0.251 e. The molecule has 0 atom stereocenters. The molecule has 0 fully saturated rings. The predicted octanol–water partition coefficient (Wildman–Crippen LogP) is 3.47. The van der Waals surface area contributed by atoms with E-state index in [1.54, 1.807) is 4.68 Å². The fraction of sp³-hybridized carbons (Fsp3) is 0.462. The van der Waals surface area contributed by atoms with Crippen molar-refractivity contribution >= 4 is 15.9 Å². The van der Waals surface area contributed by atoms with Gasteiger partial charge in [-0.3, -0.25) is 0 Å². The maximum absolute atomic E-state index is 4.59. The summed E-state index contributed by atoms with van der Waals surface area (Å²) in [6.45, 7) is 10.2. The predicted molar refractivity (Wildman–Crippen MR) is 75.2 cm³/mol. The number of hydrogen-bond donors (Lipinski definition) is 0. The van der Waals surface area contributed by atoms with Gasteiger partial charge < -0.3 is 0 Å². The molecule has 2 aromatic rings. The van der Waals surface area contributed by atoms with Gasteiger partial charge in [0.25, 0.3) is 5.95 Å². The number of rotatable bonds is 2. The van der Waals surface area contributed by atoms with Crippen LogP contribution in [0.15, 0.2) is 10.5 Å². The second-order valence-electron chi connectivity index (χ2n) is 4.79. The van der Waals surface area contributed by atoms with Crippen molar-refractivity contribution in [2.24, 2.45) is 0 Å². The van der Waals surface area contributed by atoms with Gasteiger partial charge in [-0.25, -0.2) is 14.6 Å². The summed E-state index contributed by atoms with van der Waals surface area (Å²) in [6, 6.07) is 2.02. The SMILES string of the molecule is Cc1cc(C(C)C)nc(-n2nc(C)c(Br)c2C)n1. The molecule has 0 unspecified atom stereocenters. The Bertz CT molecular complexity index is 587. The van der Waals surface area contributed by atoms with Gasteiger partial charge in [0.05, 0.1) is 15.9 Å². The highest BCUT2D eigenvalue weighted by Gasteiger charge is 2.14. The fourth-order valence-electron chi connectivity index (χ4n) is 1.79. The van der Waals surface area contributed by atoms with Crippen LogP contribution in [0.4, 0.5) is 0 Å². The first-order chi connectivity index (χ1) is 8.40. The van der Waals surface area contributed by atoms with Crippen LogP contribution in [-0.2, 0) is 0 Å². The lowest BCUT2D eigenvalue weighted by Crippen LogP contribution is -2.08. The second-order valence-corrected chi connectivity index (χ2v) is 5.58. The molecule has 4 nitrogen and oxygen atoms in total. The van der Waals surface area contributed by atoms with Crippen molar-refractivity contribution in [3.8, 4) is 5.95 Å². The molecular weight excluding hydrogens is 292 g/mol. The summed E-state index contributed by atoms with van der Waals surface area (Å²) in [5.74, 6) is 1.02. The van der Waals surface area contributed by atoms with Crippen LogP contribution in [-0.4, -0.2) is 19.7 Å². The van der Waals surface area contributed by atoms with Gasteiger partial charge in [-0.15, -0.1) is 0 Å². The normalized spacial score (nSPS) is 11.3. The Labute approximate surface area is 116 Å². The molecule has 0 amide bonds. The van der Waals surface area contributed by atoms with Crippen LogP contribution in [0.1, 0.15) is 42.5 Å². The molecule has 0 saturated heterocycles. The number of aromatic nitrogens is 4. The molecular formula is C13H17BrN4. The van der Waals surface area contributed by atoms with Crippen LogP contribution < -0.4 is 0 Å². The Balaban J connectivity index is 2.60. The van der Waals surface area contributed by atoms with Gasteiger partial charge in [0.1, 0.15) is 0 Å². The monoisotopic (exact) mass is 308 g/mol. The third-order valence-corrected chi connectivity index (χ3v) is 3.99. The molecule has 0 bridgehead atoms. The molecule has 0 radical (unpaired) electrons. The van der Waals surface area contributed by atoms with E-state index in [0.29, 0.717) is 11.9 Å². The van der Waals surface area contributed by atoms with Crippen LogP contribution in [0.25, 0.3) is 5.95 Å². The molecule has 0 aromatic carbocycles. The lowest BCUT2D eigenvalue weighted by Gasteiger charge is -2.09. The van der Waals surface area contributed by atoms with Crippen LogP contribution >= 0.6 is 15.9 Å². The molecule has 0 N–H and O–H groups in total. The summed E-state index contributed by atoms with van der Waals surface area (Å²) in [6.07, 6.45) is 0. The number of hydrogen-bond acceptors (Lipinski definition) is 3. The van der Waals surface area contributed by atoms with Gasteiger partial charge >= 0.3 is 0 Å². The Morgan fingerprint density at radius 1 is 1.17 bits per heavy atom. The Morgan fingerprint density at radius 2 is 1.83 bits per heavy atom. The zero-order valence-corrected chi connectivity index (χ0v) is 12.9. The second kappa shape index (κ2) is 4.80. The van der Waals surface area contributed by atoms with Crippen molar-refractivity contribution in [3.05, 3.63) is 33.3 Å². The van der Waals surface area contributed by atoms with E-state index in [4.69, 9.17) is 0 Å². The maximum atomic E-state index is 4.59. The van der Waals surface area contributed by atoms with Crippen LogP contribution in [0.5, 0.6) is 0 Å². The largest absolute Gasteiger partial charge is 0.251 e. The number of nitrogens with zero attached hydrogens (tertiary/aromatic N) is 4. The molecule has 18 heavy (non-hydrogen) atoms. The first kappa shape index (κ1) is 13.2. The highest BCUT2D eigenvalue weighted by atomic mass is 79.9. The van der Waals surface area contributed by atoms with E-state index < -0.39 is 0 Å². The van der Waals surface area contributed by atoms with E-state index in [-0.39, 0.29) is 0 Å². The van der Waals surface area contributed by atoms with E-state index in [0.717, 1.165) is 27.2 Å². The van der Waals surface area contributed by atoms with Gasteiger partial charge in [0.15, 0.2) is 0 Å². The van der Waals surface area contributed by atoms with Crippen molar-refractivity contribution in [3.63, 3.8) is 0 Å². The van der Waals surface area contributed by atoms with Gasteiger partial charge in [0.2, 0.25) is 0 Å². The lowest BCUT2D eigenvalue weighted by molar-refractivity contribution is 0.732. The molecule has 96 valence electrons. The average Bonchev–Trinajstić information content (AvgIpc) is 2.56. The zero-order valence-electron chi connectivity index (χ0n) is 11.3. The molecule has 2 heterocycles. The standard InChI is InChI=1S/C13H17BrN4/c1-7(2)11-6-8(3)15-13(16-11)18-10(5)12(14)9(4)17-18/h6-7H,1-5H3. The molecule has 2 rings (SSSR count). The molecule has 2 aromatic heterocycles. The highest BCUT2D eigenvalue weighted by molar-refractivity contribution is 9.10. The average molecular weight is 309 g/mol. The topological polar surface area (TPSA) is 43.6 Å². The first-order valence-corrected chi connectivity index (χ1v) is 6.77. The van der Waals surface area contributed by atoms with Gasteiger partial charge in [-0.1, -0.05) is 13.8 Å². The van der Waals surface area contributed by atoms with Crippen LogP contribution in [0.2, 0.25) is 0 Å². The summed E-state index contributed by atoms with van der Waals surface area (Å²) in [4.78, 5) is 9.06. The van der Waals surface area contributed by atoms with Crippen molar-refractivity contribution in [2.75, 3.05) is 0 Å². The Morgan fingerprint density at radius 3 is 2.33 bits per heavy atom. The third-order valence-electron chi connectivity index (χ3n) is 2.85. The third kappa shape index (κ3) is 2.32. The molecule has 0 aliphatic rings. The summed E-state index contributed by atoms with van der Waals surface area (Å²) in [7, 11) is 0. The molecule has 0 saturated carbocycles. The van der Waals surface area contributed by atoms with Gasteiger partial charge in [-0.05, 0) is 48.7 Å². The van der Waals surface area contributed by atoms with Gasteiger partial charge in [-0.2, -0.15) is 5.10 Å². The minimum atomic E-state index is 0.380. The van der Waals surface area contributed by atoms with E-state index in [1.165, 1.54) is 0 Å². The van der Waals surface area contributed by atoms with E-state index in [9.17, 15) is 0 Å². The highest BCUT2D eigenvalue weighted by Crippen LogP contribution is 2.22. The van der Waals surface area contributed by atoms with E-state index in [1.807, 2.05) is 26.8 Å². The van der Waals surface area contributed by atoms with Crippen LogP contribution in [0, 0.1) is 20.8 Å². The fourth-order valence-corrected chi connectivity index (χ4v) is 2.03. The van der Waals surface area contributed by atoms with Crippen molar-refractivity contribution in [2.45, 2.75) is 40.5 Å². The first-order valence-electron chi connectivity index (χ1n) is 5.97. The van der Waals surface area contributed by atoms with Gasteiger partial charge in [0, 0.05) is 11.4 Å². The Hall–Kier alpha value is -1.23. The van der Waals surface area contributed by atoms with Crippen molar-refractivity contribution < 1.29 is 0 Å². The van der Waals surface area contributed by atoms with E-state index in [2.05, 4.69) is 44.8 Å². The van der Waals surface area contributed by atoms with Crippen molar-refractivity contribution in [1.82, 2.24) is 19.7 Å². The van der Waals surface area contributed by atoms with Crippen LogP contribution in [0.3, 0.4) is 0 Å².